The third-order valence-corrected chi connectivity index (χ3v) is 3.11. The van der Waals surface area contributed by atoms with Crippen LogP contribution in [0.4, 0.5) is 0 Å². The van der Waals surface area contributed by atoms with E-state index < -0.39 is 0 Å². The molecule has 0 aliphatic carbocycles. The van der Waals surface area contributed by atoms with E-state index in [1.807, 2.05) is 34.2 Å². The van der Waals surface area contributed by atoms with Gasteiger partial charge in [0.2, 0.25) is 5.82 Å². The van der Waals surface area contributed by atoms with E-state index in [4.69, 9.17) is 5.26 Å². The van der Waals surface area contributed by atoms with Crippen molar-refractivity contribution in [2.45, 2.75) is 0 Å². The molecule has 0 saturated heterocycles. The van der Waals surface area contributed by atoms with Crippen molar-refractivity contribution in [3.63, 3.8) is 0 Å². The number of aromatic nitrogens is 2. The van der Waals surface area contributed by atoms with Crippen LogP contribution in [0.5, 0.6) is 0 Å². The molecule has 0 N–H and O–H groups in total. The number of fused-ring (bicyclic) bond motifs is 3. The molecule has 3 aromatic heterocycles. The molecule has 0 aliphatic heterocycles. The van der Waals surface area contributed by atoms with E-state index >= 15 is 0 Å². The Labute approximate surface area is 83.8 Å². The first-order chi connectivity index (χ1) is 6.90. The minimum absolute atomic E-state index is 0.441. The third-order valence-electron chi connectivity index (χ3n) is 2.18. The molecular weight excluding hydrogens is 194 g/mol. The second-order valence-corrected chi connectivity index (χ2v) is 3.86. The van der Waals surface area contributed by atoms with Gasteiger partial charge in [0.1, 0.15) is 6.07 Å². The summed E-state index contributed by atoms with van der Waals surface area (Å²) in [7, 11) is 0. The van der Waals surface area contributed by atoms with Crippen molar-refractivity contribution in [1.82, 2.24) is 9.38 Å². The molecule has 14 heavy (non-hydrogen) atoms. The predicted octanol–water partition coefficient (Wildman–Crippen LogP) is 2.42. The van der Waals surface area contributed by atoms with Crippen molar-refractivity contribution in [2.75, 3.05) is 0 Å². The first-order valence-electron chi connectivity index (χ1n) is 4.14. The molecule has 0 saturated carbocycles. The summed E-state index contributed by atoms with van der Waals surface area (Å²) in [6.45, 7) is 0. The number of nitrogens with zero attached hydrogens (tertiary/aromatic N) is 3. The summed E-state index contributed by atoms with van der Waals surface area (Å²) in [5.74, 6) is 0.441. The summed E-state index contributed by atoms with van der Waals surface area (Å²) in [4.78, 5) is 4.27. The van der Waals surface area contributed by atoms with Crippen LogP contribution < -0.4 is 0 Å². The van der Waals surface area contributed by atoms with Gasteiger partial charge in [-0.15, -0.1) is 11.3 Å². The highest BCUT2D eigenvalue weighted by atomic mass is 32.1. The minimum Gasteiger partial charge on any atom is -0.291 e. The van der Waals surface area contributed by atoms with Gasteiger partial charge in [-0.3, -0.25) is 4.40 Å². The van der Waals surface area contributed by atoms with Crippen molar-refractivity contribution in [3.8, 4) is 6.07 Å². The average molecular weight is 199 g/mol. The van der Waals surface area contributed by atoms with E-state index in [1.54, 1.807) is 11.3 Å². The van der Waals surface area contributed by atoms with Crippen LogP contribution >= 0.6 is 11.3 Å². The van der Waals surface area contributed by atoms with E-state index in [9.17, 15) is 0 Å². The molecule has 3 nitrogen and oxygen atoms in total. The quantitative estimate of drug-likeness (QED) is 0.558. The van der Waals surface area contributed by atoms with Gasteiger partial charge in [0, 0.05) is 6.20 Å². The van der Waals surface area contributed by atoms with E-state index in [1.165, 1.54) is 0 Å². The highest BCUT2D eigenvalue weighted by Gasteiger charge is 2.07. The van der Waals surface area contributed by atoms with Crippen LogP contribution in [0.15, 0.2) is 29.8 Å². The van der Waals surface area contributed by atoms with Gasteiger partial charge in [-0.2, -0.15) is 5.26 Å². The number of hydrogen-bond acceptors (Lipinski definition) is 3. The average Bonchev–Trinajstić information content (AvgIpc) is 2.83. The molecule has 0 amide bonds. The van der Waals surface area contributed by atoms with Gasteiger partial charge in [-0.25, -0.2) is 4.98 Å². The fourth-order valence-corrected chi connectivity index (χ4v) is 2.43. The third kappa shape index (κ3) is 0.820. The van der Waals surface area contributed by atoms with Crippen LogP contribution in [0.25, 0.3) is 15.7 Å². The first kappa shape index (κ1) is 7.54. The zero-order valence-electron chi connectivity index (χ0n) is 7.14. The Hall–Kier alpha value is -1.86. The Morgan fingerprint density at radius 1 is 1.43 bits per heavy atom. The van der Waals surface area contributed by atoms with Crippen LogP contribution in [0.2, 0.25) is 0 Å². The maximum atomic E-state index is 8.92. The molecule has 0 bridgehead atoms. The zero-order chi connectivity index (χ0) is 9.54. The van der Waals surface area contributed by atoms with Crippen molar-refractivity contribution in [1.29, 1.82) is 5.26 Å². The maximum Gasteiger partial charge on any atom is 0.217 e. The van der Waals surface area contributed by atoms with Crippen LogP contribution in [0.1, 0.15) is 5.82 Å². The number of hydrogen-bond donors (Lipinski definition) is 0. The zero-order valence-corrected chi connectivity index (χ0v) is 7.95. The maximum absolute atomic E-state index is 8.92. The molecule has 0 aromatic carbocycles. The second-order valence-electron chi connectivity index (χ2n) is 2.95. The van der Waals surface area contributed by atoms with Crippen molar-refractivity contribution < 1.29 is 0 Å². The summed E-state index contributed by atoms with van der Waals surface area (Å²) in [5.41, 5.74) is 1.96. The van der Waals surface area contributed by atoms with Crippen LogP contribution in [-0.4, -0.2) is 9.38 Å². The molecule has 3 heterocycles. The number of rotatable bonds is 0. The monoisotopic (exact) mass is 199 g/mol. The molecule has 3 rings (SSSR count). The molecule has 0 fully saturated rings. The Bertz CT molecular complexity index is 657. The summed E-state index contributed by atoms with van der Waals surface area (Å²) in [6.07, 6.45) is 1.86. The van der Waals surface area contributed by atoms with E-state index in [2.05, 4.69) is 11.1 Å². The first-order valence-corrected chi connectivity index (χ1v) is 5.02. The van der Waals surface area contributed by atoms with Crippen LogP contribution in [0.3, 0.4) is 0 Å². The lowest BCUT2D eigenvalue weighted by atomic mass is 10.4. The van der Waals surface area contributed by atoms with Gasteiger partial charge in [-0.1, -0.05) is 0 Å². The van der Waals surface area contributed by atoms with Gasteiger partial charge < -0.3 is 0 Å². The fourth-order valence-electron chi connectivity index (χ4n) is 1.58. The number of nitriles is 1. The van der Waals surface area contributed by atoms with E-state index in [-0.39, 0.29) is 0 Å². The molecule has 0 unspecified atom stereocenters. The van der Waals surface area contributed by atoms with Gasteiger partial charge in [-0.05, 0) is 23.6 Å². The van der Waals surface area contributed by atoms with Crippen molar-refractivity contribution >= 4 is 27.1 Å². The summed E-state index contributed by atoms with van der Waals surface area (Å²) >= 11 is 1.65. The van der Waals surface area contributed by atoms with Crippen molar-refractivity contribution in [2.24, 2.45) is 0 Å². The minimum atomic E-state index is 0.441. The topological polar surface area (TPSA) is 41.1 Å². The lowest BCUT2D eigenvalue weighted by Crippen LogP contribution is -1.94. The lowest BCUT2D eigenvalue weighted by Gasteiger charge is -1.98. The highest BCUT2D eigenvalue weighted by molar-refractivity contribution is 7.18. The molecule has 66 valence electrons. The normalized spacial score (nSPS) is 10.8. The Kier molecular flexibility index (Phi) is 1.38. The van der Waals surface area contributed by atoms with Gasteiger partial charge >= 0.3 is 0 Å². The summed E-state index contributed by atoms with van der Waals surface area (Å²) < 4.78 is 2.95. The highest BCUT2D eigenvalue weighted by Crippen LogP contribution is 2.25. The molecule has 0 radical (unpaired) electrons. The standard InChI is InChI=1S/C10H5N3S/c11-6-9-12-7-3-5-14-10(7)8-2-1-4-13(8)9/h1-5H. The lowest BCUT2D eigenvalue weighted by molar-refractivity contribution is 1.08. The Morgan fingerprint density at radius 3 is 3.21 bits per heavy atom. The van der Waals surface area contributed by atoms with Crippen molar-refractivity contribution in [3.05, 3.63) is 35.6 Å². The molecular formula is C10H5N3S. The fraction of sp³-hybridized carbons (Fsp3) is 0. The van der Waals surface area contributed by atoms with E-state index in [0.29, 0.717) is 5.82 Å². The largest absolute Gasteiger partial charge is 0.291 e. The number of thiophene rings is 1. The predicted molar refractivity (Wildman–Crippen MR) is 55.3 cm³/mol. The molecule has 4 heteroatoms. The smallest absolute Gasteiger partial charge is 0.217 e. The van der Waals surface area contributed by atoms with Crippen LogP contribution in [0, 0.1) is 11.3 Å². The molecule has 0 aliphatic rings. The summed E-state index contributed by atoms with van der Waals surface area (Å²) in [5, 5.41) is 10.9. The van der Waals surface area contributed by atoms with Gasteiger partial charge in [0.15, 0.2) is 0 Å². The summed E-state index contributed by atoms with van der Waals surface area (Å²) in [6, 6.07) is 7.96. The molecule has 3 aromatic rings. The Morgan fingerprint density at radius 2 is 2.36 bits per heavy atom. The SMILES string of the molecule is N#Cc1nc2ccsc2c2cccn12. The second kappa shape index (κ2) is 2.56. The Balaban J connectivity index is 2.67. The van der Waals surface area contributed by atoms with E-state index in [0.717, 1.165) is 15.7 Å². The van der Waals surface area contributed by atoms with Gasteiger partial charge in [0.25, 0.3) is 0 Å². The van der Waals surface area contributed by atoms with Crippen LogP contribution in [-0.2, 0) is 0 Å². The molecule has 0 spiro atoms. The molecule has 0 atom stereocenters. The van der Waals surface area contributed by atoms with Gasteiger partial charge in [0.05, 0.1) is 15.7 Å².